The van der Waals surface area contributed by atoms with Gasteiger partial charge in [-0.2, -0.15) is 9.97 Å². The number of hydrogen-bond acceptors (Lipinski definition) is 8. The fourth-order valence-electron chi connectivity index (χ4n) is 2.87. The molecule has 2 aromatic heterocycles. The van der Waals surface area contributed by atoms with Gasteiger partial charge in [-0.05, 0) is 25.5 Å². The lowest BCUT2D eigenvalue weighted by Gasteiger charge is -2.10. The number of thioether (sulfide) groups is 1. The highest BCUT2D eigenvalue weighted by Crippen LogP contribution is 2.29. The Morgan fingerprint density at radius 1 is 1.33 bits per heavy atom. The Bertz CT molecular complexity index is 1110. The van der Waals surface area contributed by atoms with Crippen molar-refractivity contribution in [1.29, 1.82) is 0 Å². The lowest BCUT2D eigenvalue weighted by atomic mass is 10.2. The van der Waals surface area contributed by atoms with Crippen LogP contribution in [-0.2, 0) is 11.3 Å². The average molecular weight is 432 g/mol. The summed E-state index contributed by atoms with van der Waals surface area (Å²) < 4.78 is 12.3. The number of aromatic nitrogens is 4. The summed E-state index contributed by atoms with van der Waals surface area (Å²) in [6, 6.07) is 5.70. The maximum atomic E-state index is 12.4. The third kappa shape index (κ3) is 4.93. The molecule has 0 spiro atoms. The van der Waals surface area contributed by atoms with Crippen LogP contribution < -0.4 is 20.9 Å². The van der Waals surface area contributed by atoms with E-state index >= 15 is 0 Å². The summed E-state index contributed by atoms with van der Waals surface area (Å²) in [5.41, 5.74) is 7.38. The Kier molecular flexibility index (Phi) is 6.99. The van der Waals surface area contributed by atoms with Crippen molar-refractivity contribution in [3.8, 4) is 11.8 Å². The van der Waals surface area contributed by atoms with E-state index in [0.717, 1.165) is 23.3 Å². The van der Waals surface area contributed by atoms with Crippen molar-refractivity contribution < 1.29 is 14.3 Å². The molecule has 2 heterocycles. The first-order chi connectivity index (χ1) is 14.4. The summed E-state index contributed by atoms with van der Waals surface area (Å²) in [4.78, 5) is 35.8. The third-order valence-electron chi connectivity index (χ3n) is 4.42. The number of ether oxygens (including phenoxy) is 2. The number of nitrogen functional groups attached to an aromatic ring is 1. The van der Waals surface area contributed by atoms with Crippen molar-refractivity contribution in [3.05, 3.63) is 34.2 Å². The predicted molar refractivity (Wildman–Crippen MR) is 116 cm³/mol. The molecule has 0 aliphatic carbocycles. The van der Waals surface area contributed by atoms with Crippen molar-refractivity contribution in [2.45, 2.75) is 45.1 Å². The molecule has 0 aliphatic rings. The lowest BCUT2D eigenvalue weighted by Crippen LogP contribution is -2.18. The zero-order chi connectivity index (χ0) is 21.7. The summed E-state index contributed by atoms with van der Waals surface area (Å²) in [6.07, 6.45) is 1.87. The zero-order valence-corrected chi connectivity index (χ0v) is 18.0. The molecule has 0 atom stereocenters. The van der Waals surface area contributed by atoms with Gasteiger partial charge in [-0.15, -0.1) is 11.8 Å². The number of aromatic amines is 1. The molecule has 0 unspecified atom stereocenters. The number of hydrogen-bond donors (Lipinski definition) is 2. The largest absolute Gasteiger partial charge is 0.463 e. The van der Waals surface area contributed by atoms with Crippen molar-refractivity contribution >= 4 is 34.7 Å². The molecule has 1 aromatic carbocycles. The molecular formula is C20H25N5O4S. The van der Waals surface area contributed by atoms with E-state index in [1.807, 2.05) is 19.1 Å². The second-order valence-electron chi connectivity index (χ2n) is 6.70. The van der Waals surface area contributed by atoms with Crippen molar-refractivity contribution in [3.63, 3.8) is 0 Å². The molecule has 0 aliphatic heterocycles. The number of H-pyrrole nitrogens is 1. The van der Waals surface area contributed by atoms with Gasteiger partial charge in [0.2, 0.25) is 0 Å². The molecule has 30 heavy (non-hydrogen) atoms. The van der Waals surface area contributed by atoms with Gasteiger partial charge in [-0.1, -0.05) is 19.4 Å². The SMILES string of the molecule is CCCCOc1nc(N)c2[nH]c(=O)n(CCSc3cccc(OC(C)=O)c3C)c2n1. The van der Waals surface area contributed by atoms with Crippen LogP contribution in [0, 0.1) is 6.92 Å². The molecule has 0 fully saturated rings. The van der Waals surface area contributed by atoms with Crippen LogP contribution in [0.15, 0.2) is 27.9 Å². The van der Waals surface area contributed by atoms with E-state index in [1.54, 1.807) is 17.8 Å². The molecule has 0 saturated heterocycles. The van der Waals surface area contributed by atoms with Crippen molar-refractivity contribution in [2.75, 3.05) is 18.1 Å². The highest BCUT2D eigenvalue weighted by molar-refractivity contribution is 7.99. The number of esters is 1. The predicted octanol–water partition coefficient (Wildman–Crippen LogP) is 2.91. The number of nitrogens with zero attached hydrogens (tertiary/aromatic N) is 3. The highest BCUT2D eigenvalue weighted by atomic mass is 32.2. The Balaban J connectivity index is 1.77. The lowest BCUT2D eigenvalue weighted by molar-refractivity contribution is -0.131. The van der Waals surface area contributed by atoms with Gasteiger partial charge in [0.25, 0.3) is 0 Å². The number of rotatable bonds is 9. The normalized spacial score (nSPS) is 11.0. The molecule has 0 bridgehead atoms. The van der Waals surface area contributed by atoms with Crippen LogP contribution in [0.3, 0.4) is 0 Å². The highest BCUT2D eigenvalue weighted by Gasteiger charge is 2.15. The van der Waals surface area contributed by atoms with E-state index < -0.39 is 0 Å². The monoisotopic (exact) mass is 431 g/mol. The van der Waals surface area contributed by atoms with Crippen LogP contribution in [-0.4, -0.2) is 37.8 Å². The summed E-state index contributed by atoms with van der Waals surface area (Å²) in [5, 5.41) is 0. The molecule has 10 heteroatoms. The fourth-order valence-corrected chi connectivity index (χ4v) is 3.86. The van der Waals surface area contributed by atoms with Crippen LogP contribution in [0.4, 0.5) is 5.82 Å². The van der Waals surface area contributed by atoms with E-state index in [9.17, 15) is 9.59 Å². The Hall–Kier alpha value is -3.01. The minimum Gasteiger partial charge on any atom is -0.463 e. The maximum Gasteiger partial charge on any atom is 0.327 e. The molecule has 3 N–H and O–H groups in total. The number of nitrogens with two attached hydrogens (primary N) is 1. The molecular weight excluding hydrogens is 406 g/mol. The Morgan fingerprint density at radius 3 is 2.87 bits per heavy atom. The topological polar surface area (TPSA) is 125 Å². The third-order valence-corrected chi connectivity index (χ3v) is 5.56. The second kappa shape index (κ2) is 9.66. The average Bonchev–Trinajstić information content (AvgIpc) is 3.01. The Morgan fingerprint density at radius 2 is 2.13 bits per heavy atom. The number of carbonyl (C=O) groups is 1. The van der Waals surface area contributed by atoms with Gasteiger partial charge in [0.1, 0.15) is 11.3 Å². The molecule has 3 aromatic rings. The molecule has 160 valence electrons. The van der Waals surface area contributed by atoms with Crippen LogP contribution >= 0.6 is 11.8 Å². The second-order valence-corrected chi connectivity index (χ2v) is 7.83. The van der Waals surface area contributed by atoms with Gasteiger partial charge < -0.3 is 20.2 Å². The minimum absolute atomic E-state index is 0.166. The first kappa shape index (κ1) is 21.7. The van der Waals surface area contributed by atoms with Gasteiger partial charge >= 0.3 is 17.7 Å². The van der Waals surface area contributed by atoms with Crippen LogP contribution in [0.1, 0.15) is 32.3 Å². The zero-order valence-electron chi connectivity index (χ0n) is 17.2. The standard InChI is InChI=1S/C20H25N5O4S/c1-4-5-10-28-19-23-17(21)16-18(24-19)25(20(27)22-16)9-11-30-15-8-6-7-14(12(15)2)29-13(3)26/h6-8H,4-5,9-11H2,1-3H3,(H,22,27)(H2,21,23,24). The maximum absolute atomic E-state index is 12.4. The summed E-state index contributed by atoms with van der Waals surface area (Å²) in [7, 11) is 0. The first-order valence-corrected chi connectivity index (χ1v) is 10.7. The van der Waals surface area contributed by atoms with Crippen LogP contribution in [0.25, 0.3) is 11.2 Å². The smallest absolute Gasteiger partial charge is 0.327 e. The van der Waals surface area contributed by atoms with Gasteiger partial charge in [0.15, 0.2) is 11.5 Å². The minimum atomic E-state index is -0.361. The molecule has 0 saturated carbocycles. The summed E-state index contributed by atoms with van der Waals surface area (Å²) in [6.45, 7) is 6.23. The van der Waals surface area contributed by atoms with Gasteiger partial charge in [-0.3, -0.25) is 9.36 Å². The van der Waals surface area contributed by atoms with Gasteiger partial charge in [0, 0.05) is 29.7 Å². The molecule has 0 amide bonds. The first-order valence-electron chi connectivity index (χ1n) is 9.70. The molecule has 9 nitrogen and oxygen atoms in total. The van der Waals surface area contributed by atoms with Gasteiger partial charge in [0.05, 0.1) is 6.61 Å². The number of imidazole rings is 1. The van der Waals surface area contributed by atoms with Gasteiger partial charge in [-0.25, -0.2) is 4.79 Å². The van der Waals surface area contributed by atoms with E-state index in [2.05, 4.69) is 21.9 Å². The van der Waals surface area contributed by atoms with E-state index in [-0.39, 0.29) is 23.5 Å². The number of nitrogens with one attached hydrogen (secondary N) is 1. The number of aryl methyl sites for hydroxylation is 1. The number of fused-ring (bicyclic) bond motifs is 1. The quantitative estimate of drug-likeness (QED) is 0.229. The Labute approximate surface area is 178 Å². The number of carbonyl (C=O) groups excluding carboxylic acids is 1. The number of anilines is 1. The van der Waals surface area contributed by atoms with Crippen LogP contribution in [0.5, 0.6) is 11.8 Å². The summed E-state index contributed by atoms with van der Waals surface area (Å²) >= 11 is 1.56. The number of unbranched alkanes of at least 4 members (excludes halogenated alkanes) is 1. The van der Waals surface area contributed by atoms with E-state index in [1.165, 1.54) is 11.5 Å². The summed E-state index contributed by atoms with van der Waals surface area (Å²) in [5.74, 6) is 0.957. The fraction of sp³-hybridized carbons (Fsp3) is 0.400. The van der Waals surface area contributed by atoms with Crippen molar-refractivity contribution in [2.24, 2.45) is 0 Å². The molecule has 3 rings (SSSR count). The molecule has 0 radical (unpaired) electrons. The van der Waals surface area contributed by atoms with Crippen molar-refractivity contribution in [1.82, 2.24) is 19.5 Å². The van der Waals surface area contributed by atoms with E-state index in [4.69, 9.17) is 15.2 Å². The number of benzene rings is 1. The van der Waals surface area contributed by atoms with E-state index in [0.29, 0.717) is 35.8 Å². The van der Waals surface area contributed by atoms with Crippen LogP contribution in [0.2, 0.25) is 0 Å².